The third-order valence-corrected chi connectivity index (χ3v) is 4.64. The van der Waals surface area contributed by atoms with Gasteiger partial charge in [-0.1, -0.05) is 12.1 Å². The van der Waals surface area contributed by atoms with E-state index in [-0.39, 0.29) is 11.8 Å². The fourth-order valence-electron chi connectivity index (χ4n) is 3.26. The van der Waals surface area contributed by atoms with Crippen LogP contribution >= 0.6 is 0 Å². The summed E-state index contributed by atoms with van der Waals surface area (Å²) in [6, 6.07) is 15.4. The number of nitrogens with one attached hydrogen (secondary N) is 1. The molecule has 6 heteroatoms. The van der Waals surface area contributed by atoms with Gasteiger partial charge in [0.25, 0.3) is 0 Å². The highest BCUT2D eigenvalue weighted by Crippen LogP contribution is 2.37. The normalized spacial score (nSPS) is 15.9. The Morgan fingerprint density at radius 2 is 1.62 bits per heavy atom. The third kappa shape index (κ3) is 2.79. The molecule has 2 aromatic carbocycles. The van der Waals surface area contributed by atoms with Crippen LogP contribution in [-0.2, 0) is 4.79 Å². The molecule has 0 saturated heterocycles. The molecular formula is C20H19N3O3. The molecule has 2 heterocycles. The van der Waals surface area contributed by atoms with Gasteiger partial charge in [0, 0.05) is 18.0 Å². The van der Waals surface area contributed by atoms with Crippen LogP contribution in [0.25, 0.3) is 5.69 Å². The first-order chi connectivity index (χ1) is 12.7. The molecule has 1 aliphatic rings. The highest BCUT2D eigenvalue weighted by molar-refractivity contribution is 5.94. The number of rotatable bonds is 4. The van der Waals surface area contributed by atoms with Gasteiger partial charge >= 0.3 is 0 Å². The second-order valence-corrected chi connectivity index (χ2v) is 6.12. The van der Waals surface area contributed by atoms with Gasteiger partial charge < -0.3 is 14.8 Å². The molecule has 0 fully saturated rings. The number of amides is 1. The zero-order valence-corrected chi connectivity index (χ0v) is 14.6. The van der Waals surface area contributed by atoms with Crippen molar-refractivity contribution in [2.24, 2.45) is 0 Å². The Morgan fingerprint density at radius 1 is 1.00 bits per heavy atom. The van der Waals surface area contributed by atoms with E-state index in [4.69, 9.17) is 9.47 Å². The van der Waals surface area contributed by atoms with Crippen molar-refractivity contribution in [2.75, 3.05) is 19.5 Å². The quantitative estimate of drug-likeness (QED) is 0.784. The maximum Gasteiger partial charge on any atom is 0.226 e. The van der Waals surface area contributed by atoms with E-state index in [0.717, 1.165) is 28.4 Å². The number of ether oxygens (including phenoxy) is 2. The Morgan fingerprint density at radius 3 is 2.23 bits per heavy atom. The number of carbonyl (C=O) groups excluding carboxylic acids is 1. The summed E-state index contributed by atoms with van der Waals surface area (Å²) in [6.07, 6.45) is 2.12. The van der Waals surface area contributed by atoms with E-state index in [1.165, 1.54) is 0 Å². The minimum atomic E-state index is -0.0795. The highest BCUT2D eigenvalue weighted by atomic mass is 16.5. The van der Waals surface area contributed by atoms with Crippen LogP contribution in [0.1, 0.15) is 23.6 Å². The molecule has 0 radical (unpaired) electrons. The van der Waals surface area contributed by atoms with Crippen molar-refractivity contribution < 1.29 is 14.3 Å². The predicted molar refractivity (Wildman–Crippen MR) is 98.2 cm³/mol. The smallest absolute Gasteiger partial charge is 0.226 e. The molecule has 0 aliphatic carbocycles. The number of anilines is 1. The molecule has 4 rings (SSSR count). The minimum Gasteiger partial charge on any atom is -0.497 e. The average molecular weight is 349 g/mol. The number of hydrogen-bond donors (Lipinski definition) is 1. The van der Waals surface area contributed by atoms with Gasteiger partial charge in [-0.25, -0.2) is 4.98 Å². The summed E-state index contributed by atoms with van der Waals surface area (Å²) in [6.45, 7) is 0. The van der Waals surface area contributed by atoms with Gasteiger partial charge in [0.15, 0.2) is 0 Å². The summed E-state index contributed by atoms with van der Waals surface area (Å²) in [4.78, 5) is 16.9. The van der Waals surface area contributed by atoms with E-state index >= 15 is 0 Å². The fourth-order valence-corrected chi connectivity index (χ4v) is 3.26. The summed E-state index contributed by atoms with van der Waals surface area (Å²) in [7, 11) is 3.27. The lowest BCUT2D eigenvalue weighted by Gasteiger charge is -2.23. The number of aromatic nitrogens is 2. The van der Waals surface area contributed by atoms with Gasteiger partial charge in [-0.15, -0.1) is 0 Å². The lowest BCUT2D eigenvalue weighted by atomic mass is 9.90. The predicted octanol–water partition coefficient (Wildman–Crippen LogP) is 3.36. The summed E-state index contributed by atoms with van der Waals surface area (Å²) in [5, 5.41) is 2.96. The minimum absolute atomic E-state index is 0.0198. The van der Waals surface area contributed by atoms with Crippen LogP contribution in [0.5, 0.6) is 11.5 Å². The number of fused-ring (bicyclic) bond motifs is 1. The van der Waals surface area contributed by atoms with Crippen molar-refractivity contribution in [3.8, 4) is 17.2 Å². The van der Waals surface area contributed by atoms with Crippen molar-refractivity contribution in [3.63, 3.8) is 0 Å². The Bertz CT molecular complexity index is 930. The summed E-state index contributed by atoms with van der Waals surface area (Å²) in [5.74, 6) is 2.19. The molecule has 1 aliphatic heterocycles. The van der Waals surface area contributed by atoms with E-state index in [2.05, 4.69) is 10.3 Å². The number of hydrogen-bond acceptors (Lipinski definition) is 4. The van der Waals surface area contributed by atoms with Crippen LogP contribution in [0.4, 0.5) is 5.82 Å². The van der Waals surface area contributed by atoms with Crippen molar-refractivity contribution in [2.45, 2.75) is 12.3 Å². The van der Waals surface area contributed by atoms with Gasteiger partial charge in [-0.3, -0.25) is 9.36 Å². The largest absolute Gasteiger partial charge is 0.497 e. The van der Waals surface area contributed by atoms with E-state index in [1.54, 1.807) is 20.5 Å². The number of methoxy groups -OCH3 is 2. The Kier molecular flexibility index (Phi) is 4.08. The van der Waals surface area contributed by atoms with Gasteiger partial charge in [0.1, 0.15) is 23.6 Å². The van der Waals surface area contributed by atoms with Gasteiger partial charge in [-0.2, -0.15) is 0 Å². The second kappa shape index (κ2) is 6.55. The lowest BCUT2D eigenvalue weighted by molar-refractivity contribution is -0.116. The van der Waals surface area contributed by atoms with Crippen LogP contribution in [0.3, 0.4) is 0 Å². The van der Waals surface area contributed by atoms with E-state index in [1.807, 2.05) is 53.1 Å². The first-order valence-corrected chi connectivity index (χ1v) is 8.35. The molecular weight excluding hydrogens is 330 g/mol. The van der Waals surface area contributed by atoms with Gasteiger partial charge in [0.2, 0.25) is 5.91 Å². The Balaban J connectivity index is 1.74. The molecule has 1 aromatic heterocycles. The molecule has 1 atom stereocenters. The van der Waals surface area contributed by atoms with E-state index in [0.29, 0.717) is 12.2 Å². The Labute approximate surface area is 151 Å². The van der Waals surface area contributed by atoms with Gasteiger partial charge in [-0.05, 0) is 42.0 Å². The topological polar surface area (TPSA) is 65.4 Å². The van der Waals surface area contributed by atoms with Crippen LogP contribution in [0.15, 0.2) is 54.9 Å². The van der Waals surface area contributed by atoms with E-state index < -0.39 is 0 Å². The fraction of sp³-hybridized carbons (Fsp3) is 0.200. The van der Waals surface area contributed by atoms with Crippen LogP contribution in [0, 0.1) is 0 Å². The SMILES string of the molecule is COc1ccc(C2CC(=O)Nc3c2ncn3-c2ccc(OC)cc2)cc1. The molecule has 1 amide bonds. The molecule has 1 N–H and O–H groups in total. The zero-order chi connectivity index (χ0) is 18.1. The van der Waals surface area contributed by atoms with Crippen molar-refractivity contribution >= 4 is 11.7 Å². The number of nitrogens with zero attached hydrogens (tertiary/aromatic N) is 2. The second-order valence-electron chi connectivity index (χ2n) is 6.12. The standard InChI is InChI=1S/C20H19N3O3/c1-25-15-7-3-13(4-8-15)17-11-18(24)22-20-19(17)21-12-23(20)14-5-9-16(26-2)10-6-14/h3-10,12,17H,11H2,1-2H3,(H,22,24). The van der Waals surface area contributed by atoms with Gasteiger partial charge in [0.05, 0.1) is 19.9 Å². The van der Waals surface area contributed by atoms with Crippen LogP contribution in [0.2, 0.25) is 0 Å². The van der Waals surface area contributed by atoms with Crippen molar-refractivity contribution in [1.29, 1.82) is 0 Å². The molecule has 0 saturated carbocycles. The molecule has 6 nitrogen and oxygen atoms in total. The molecule has 3 aromatic rings. The van der Waals surface area contributed by atoms with Crippen LogP contribution < -0.4 is 14.8 Å². The Hall–Kier alpha value is -3.28. The molecule has 0 spiro atoms. The van der Waals surface area contributed by atoms with E-state index in [9.17, 15) is 4.79 Å². The third-order valence-electron chi connectivity index (χ3n) is 4.64. The summed E-state index contributed by atoms with van der Waals surface area (Å²) >= 11 is 0. The molecule has 132 valence electrons. The zero-order valence-electron chi connectivity index (χ0n) is 14.6. The molecule has 0 bridgehead atoms. The highest BCUT2D eigenvalue weighted by Gasteiger charge is 2.30. The van der Waals surface area contributed by atoms with Crippen LogP contribution in [-0.4, -0.2) is 29.7 Å². The number of imidazole rings is 1. The number of carbonyl (C=O) groups is 1. The molecule has 26 heavy (non-hydrogen) atoms. The van der Waals surface area contributed by atoms with Crippen molar-refractivity contribution in [1.82, 2.24) is 9.55 Å². The maximum atomic E-state index is 12.3. The first kappa shape index (κ1) is 16.2. The maximum absolute atomic E-state index is 12.3. The lowest BCUT2D eigenvalue weighted by Crippen LogP contribution is -2.24. The number of benzene rings is 2. The average Bonchev–Trinajstić information content (AvgIpc) is 3.11. The van der Waals surface area contributed by atoms with Crippen molar-refractivity contribution in [3.05, 3.63) is 66.1 Å². The first-order valence-electron chi connectivity index (χ1n) is 8.35. The summed E-state index contributed by atoms with van der Waals surface area (Å²) < 4.78 is 12.3. The monoisotopic (exact) mass is 349 g/mol. The molecule has 1 unspecified atom stereocenters. The summed E-state index contributed by atoms with van der Waals surface area (Å²) in [5.41, 5.74) is 2.82.